The van der Waals surface area contributed by atoms with Gasteiger partial charge in [0.15, 0.2) is 5.78 Å². The molecule has 0 saturated heterocycles. The lowest BCUT2D eigenvalue weighted by atomic mass is 10.0. The Morgan fingerprint density at radius 3 is 2.32 bits per heavy atom. The van der Waals surface area contributed by atoms with Crippen molar-refractivity contribution in [2.24, 2.45) is 0 Å². The quantitative estimate of drug-likeness (QED) is 0.625. The minimum atomic E-state index is -2.63. The van der Waals surface area contributed by atoms with Gasteiger partial charge in [-0.2, -0.15) is 0 Å². The molecule has 3 aromatic rings. The summed E-state index contributed by atoms with van der Waals surface area (Å²) >= 11 is 3.30. The molecule has 2 aromatic carbocycles. The molecule has 7 heteroatoms. The summed E-state index contributed by atoms with van der Waals surface area (Å²) in [7, 11) is 0. The average Bonchev–Trinajstić information content (AvgIpc) is 2.85. The predicted molar refractivity (Wildman–Crippen MR) is 92.4 cm³/mol. The van der Waals surface area contributed by atoms with Crippen LogP contribution in [0.2, 0.25) is 0 Å². The first-order chi connectivity index (χ1) is 11.8. The number of ketones is 1. The Bertz CT molecular complexity index is 994. The number of aromatic hydroxyl groups is 1. The zero-order valence-corrected chi connectivity index (χ0v) is 14.5. The molecule has 1 heterocycles. The van der Waals surface area contributed by atoms with Crippen LogP contribution in [-0.2, 0) is 0 Å². The molecule has 1 aromatic heterocycles. The minimum absolute atomic E-state index is 0.0451. The van der Waals surface area contributed by atoms with Gasteiger partial charge >= 0.3 is 0 Å². The average molecular weight is 408 g/mol. The monoisotopic (exact) mass is 407 g/mol. The number of hydrogen-bond donors (Lipinski definition) is 1. The molecule has 0 fully saturated rings. The van der Waals surface area contributed by atoms with Crippen LogP contribution in [0, 0.1) is 0 Å². The number of hydrogen-bond acceptors (Lipinski definition) is 3. The van der Waals surface area contributed by atoms with Gasteiger partial charge in [-0.1, -0.05) is 40.2 Å². The van der Waals surface area contributed by atoms with E-state index in [1.165, 1.54) is 19.1 Å². The topological polar surface area (TPSA) is 59.3 Å². The molecular weight excluding hydrogens is 396 g/mol. The van der Waals surface area contributed by atoms with Gasteiger partial charge in [0.1, 0.15) is 0 Å². The first kappa shape index (κ1) is 17.3. The van der Waals surface area contributed by atoms with Crippen LogP contribution in [0.15, 0.2) is 46.9 Å². The van der Waals surface area contributed by atoms with Gasteiger partial charge in [-0.3, -0.25) is 14.2 Å². The maximum atomic E-state index is 12.8. The van der Waals surface area contributed by atoms with Crippen molar-refractivity contribution in [1.82, 2.24) is 4.57 Å². The molecule has 0 radical (unpaired) electrons. The van der Waals surface area contributed by atoms with Crippen LogP contribution in [0.25, 0.3) is 10.9 Å². The smallest absolute Gasteiger partial charge is 0.263 e. The predicted octanol–water partition coefficient (Wildman–Crippen LogP) is 4.94. The summed E-state index contributed by atoms with van der Waals surface area (Å²) in [5.41, 5.74) is 0.286. The molecule has 0 spiro atoms. The first-order valence-electron chi connectivity index (χ1n) is 7.28. The number of benzene rings is 2. The number of nitrogens with zero attached hydrogens (tertiary/aromatic N) is 1. The van der Waals surface area contributed by atoms with Gasteiger partial charge in [-0.05, 0) is 18.2 Å². The van der Waals surface area contributed by atoms with Crippen LogP contribution < -0.4 is 0 Å². The van der Waals surface area contributed by atoms with E-state index in [2.05, 4.69) is 15.9 Å². The number of alkyl halides is 2. The first-order valence-corrected chi connectivity index (χ1v) is 8.07. The van der Waals surface area contributed by atoms with Crippen LogP contribution in [0.5, 0.6) is 5.88 Å². The summed E-state index contributed by atoms with van der Waals surface area (Å²) in [5, 5.41) is 10.8. The fourth-order valence-corrected chi connectivity index (χ4v) is 3.08. The molecule has 25 heavy (non-hydrogen) atoms. The lowest BCUT2D eigenvalue weighted by molar-refractivity contribution is 0.0933. The van der Waals surface area contributed by atoms with E-state index in [0.29, 0.717) is 15.4 Å². The van der Waals surface area contributed by atoms with Crippen LogP contribution in [0.1, 0.15) is 39.6 Å². The van der Waals surface area contributed by atoms with Gasteiger partial charge in [-0.25, -0.2) is 8.78 Å². The van der Waals surface area contributed by atoms with Crippen molar-refractivity contribution in [3.05, 3.63) is 63.6 Å². The van der Waals surface area contributed by atoms with Gasteiger partial charge in [0, 0.05) is 27.9 Å². The number of rotatable bonds is 3. The summed E-state index contributed by atoms with van der Waals surface area (Å²) in [4.78, 5) is 24.7. The van der Waals surface area contributed by atoms with Crippen LogP contribution in [-0.4, -0.2) is 21.4 Å². The molecule has 1 N–H and O–H groups in total. The van der Waals surface area contributed by atoms with E-state index in [1.807, 2.05) is 0 Å². The van der Waals surface area contributed by atoms with Crippen LogP contribution in [0.3, 0.4) is 0 Å². The van der Waals surface area contributed by atoms with E-state index in [0.717, 1.165) is 16.7 Å². The van der Waals surface area contributed by atoms with Gasteiger partial charge in [0.05, 0.1) is 11.1 Å². The van der Waals surface area contributed by atoms with Gasteiger partial charge in [-0.15, -0.1) is 0 Å². The molecule has 0 unspecified atom stereocenters. The third-order valence-corrected chi connectivity index (χ3v) is 4.36. The van der Waals surface area contributed by atoms with E-state index >= 15 is 0 Å². The number of fused-ring (bicyclic) bond motifs is 1. The summed E-state index contributed by atoms with van der Waals surface area (Å²) in [6, 6.07) is 9.79. The highest BCUT2D eigenvalue weighted by molar-refractivity contribution is 9.10. The molecular formula is C18H12BrF2NO3. The second-order valence-corrected chi connectivity index (χ2v) is 6.38. The Kier molecular flexibility index (Phi) is 4.43. The normalized spacial score (nSPS) is 11.2. The van der Waals surface area contributed by atoms with Crippen molar-refractivity contribution < 1.29 is 23.5 Å². The number of carbonyl (C=O) groups excluding carboxylic acids is 2. The van der Waals surface area contributed by atoms with Crippen molar-refractivity contribution in [2.45, 2.75) is 13.3 Å². The molecule has 4 nitrogen and oxygen atoms in total. The molecule has 0 amide bonds. The highest BCUT2D eigenvalue weighted by atomic mass is 79.9. The van der Waals surface area contributed by atoms with Crippen molar-refractivity contribution in [1.29, 1.82) is 0 Å². The fourth-order valence-electron chi connectivity index (χ4n) is 2.72. The highest BCUT2D eigenvalue weighted by Gasteiger charge is 2.25. The van der Waals surface area contributed by atoms with E-state index in [-0.39, 0.29) is 16.7 Å². The van der Waals surface area contributed by atoms with Crippen molar-refractivity contribution in [3.63, 3.8) is 0 Å². The van der Waals surface area contributed by atoms with E-state index in [1.54, 1.807) is 18.2 Å². The Labute approximate surface area is 149 Å². The summed E-state index contributed by atoms with van der Waals surface area (Å²) in [6.07, 6.45) is -2.63. The van der Waals surface area contributed by atoms with Gasteiger partial charge in [0.25, 0.3) is 6.43 Å². The number of halogens is 3. The van der Waals surface area contributed by atoms with Gasteiger partial charge < -0.3 is 5.11 Å². The second-order valence-electron chi connectivity index (χ2n) is 5.47. The van der Waals surface area contributed by atoms with Crippen molar-refractivity contribution in [3.8, 4) is 5.88 Å². The van der Waals surface area contributed by atoms with Crippen LogP contribution in [0.4, 0.5) is 8.78 Å². The lowest BCUT2D eigenvalue weighted by Gasteiger charge is -2.04. The number of carbonyl (C=O) groups is 2. The Hall–Kier alpha value is -2.54. The van der Waals surface area contributed by atoms with Gasteiger partial charge in [0.2, 0.25) is 11.8 Å². The molecule has 128 valence electrons. The third kappa shape index (κ3) is 2.95. The number of aromatic nitrogens is 1. The summed E-state index contributed by atoms with van der Waals surface area (Å²) in [6.45, 7) is 1.27. The maximum absolute atomic E-state index is 12.8. The SMILES string of the molecule is CC(=O)n1c(O)c(C(=O)c2ccc(C(F)F)cc2)c2cc(Br)ccc21. The largest absolute Gasteiger partial charge is 0.494 e. The second kappa shape index (κ2) is 6.40. The molecule has 0 saturated carbocycles. The van der Waals surface area contributed by atoms with Crippen LogP contribution >= 0.6 is 15.9 Å². The Balaban J connectivity index is 2.20. The van der Waals surface area contributed by atoms with E-state index in [4.69, 9.17) is 0 Å². The third-order valence-electron chi connectivity index (χ3n) is 3.87. The Morgan fingerprint density at radius 1 is 1.12 bits per heavy atom. The standard InChI is InChI=1S/C18H12BrF2NO3/c1-9(23)22-14-7-6-12(19)8-13(14)15(18(22)25)16(24)10-2-4-11(5-3-10)17(20)21/h2-8,17,25H,1H3. The molecule has 0 aliphatic heterocycles. The van der Waals surface area contributed by atoms with E-state index < -0.39 is 24.0 Å². The van der Waals surface area contributed by atoms with Crippen molar-refractivity contribution >= 4 is 38.5 Å². The molecule has 0 aliphatic carbocycles. The molecule has 0 aliphatic rings. The zero-order chi connectivity index (χ0) is 18.3. The summed E-state index contributed by atoms with van der Waals surface area (Å²) < 4.78 is 27.0. The molecule has 3 rings (SSSR count). The maximum Gasteiger partial charge on any atom is 0.263 e. The minimum Gasteiger partial charge on any atom is -0.494 e. The molecule has 0 atom stereocenters. The Morgan fingerprint density at radius 2 is 1.76 bits per heavy atom. The lowest BCUT2D eigenvalue weighted by Crippen LogP contribution is -2.06. The fraction of sp³-hybridized carbons (Fsp3) is 0.111. The zero-order valence-electron chi connectivity index (χ0n) is 13.0. The summed E-state index contributed by atoms with van der Waals surface area (Å²) in [5.74, 6) is -1.47. The molecule has 0 bridgehead atoms. The highest BCUT2D eigenvalue weighted by Crippen LogP contribution is 2.35. The van der Waals surface area contributed by atoms with E-state index in [9.17, 15) is 23.5 Å². The van der Waals surface area contributed by atoms with Crippen molar-refractivity contribution in [2.75, 3.05) is 0 Å².